The van der Waals surface area contributed by atoms with Crippen molar-refractivity contribution >= 4 is 12.4 Å². The summed E-state index contributed by atoms with van der Waals surface area (Å²) in [5.41, 5.74) is -0.717. The van der Waals surface area contributed by atoms with Gasteiger partial charge in [-0.2, -0.15) is 0 Å². The predicted molar refractivity (Wildman–Crippen MR) is 64.5 cm³/mol. The second-order valence-electron chi connectivity index (χ2n) is 4.56. The van der Waals surface area contributed by atoms with Crippen molar-refractivity contribution in [2.75, 3.05) is 13.7 Å². The highest BCUT2D eigenvalue weighted by Gasteiger charge is 2.30. The molecular formula is C12H15BF3O2-. The Balaban J connectivity index is 2.10. The van der Waals surface area contributed by atoms with Crippen LogP contribution in [-0.4, -0.2) is 20.7 Å². The first-order valence-electron chi connectivity index (χ1n) is 6.01. The van der Waals surface area contributed by atoms with E-state index in [2.05, 4.69) is 0 Å². The van der Waals surface area contributed by atoms with Gasteiger partial charge in [-0.1, -0.05) is 18.3 Å². The maximum absolute atomic E-state index is 12.9. The van der Waals surface area contributed by atoms with Crippen molar-refractivity contribution in [3.63, 3.8) is 0 Å². The largest absolute Gasteiger partial charge is 0.513 e. The number of rotatable bonds is 6. The average Bonchev–Trinajstić information content (AvgIpc) is 3.12. The second-order valence-corrected chi connectivity index (χ2v) is 4.56. The van der Waals surface area contributed by atoms with E-state index in [1.165, 1.54) is 32.1 Å². The molecule has 0 heterocycles. The second kappa shape index (κ2) is 5.12. The molecule has 6 heteroatoms. The lowest BCUT2D eigenvalue weighted by atomic mass is 9.79. The van der Waals surface area contributed by atoms with E-state index in [0.717, 1.165) is 12.5 Å². The topological polar surface area (TPSA) is 18.5 Å². The van der Waals surface area contributed by atoms with Gasteiger partial charge in [0.25, 0.3) is 0 Å². The molecule has 2 rings (SSSR count). The van der Waals surface area contributed by atoms with Gasteiger partial charge >= 0.3 is 6.98 Å². The Labute approximate surface area is 104 Å². The SMILES string of the molecule is COc1ccc(OCCC2CC2)c([B-](F)(F)F)c1. The molecular weight excluding hydrogens is 244 g/mol. The third-order valence-corrected chi connectivity index (χ3v) is 3.05. The molecule has 0 N–H and O–H groups in total. The summed E-state index contributed by atoms with van der Waals surface area (Å²) in [6.07, 6.45) is 3.17. The van der Waals surface area contributed by atoms with Gasteiger partial charge in [0.1, 0.15) is 5.75 Å². The third kappa shape index (κ3) is 3.34. The number of hydrogen-bond donors (Lipinski definition) is 0. The number of benzene rings is 1. The fourth-order valence-corrected chi connectivity index (χ4v) is 1.78. The summed E-state index contributed by atoms with van der Waals surface area (Å²) in [7, 11) is 1.34. The molecule has 1 aliphatic rings. The molecule has 0 aromatic heterocycles. The fourth-order valence-electron chi connectivity index (χ4n) is 1.78. The van der Waals surface area contributed by atoms with Crippen LogP contribution in [0.1, 0.15) is 19.3 Å². The normalized spacial score (nSPS) is 15.6. The van der Waals surface area contributed by atoms with Crippen LogP contribution in [0.2, 0.25) is 0 Å². The molecule has 1 aromatic carbocycles. The monoisotopic (exact) mass is 259 g/mol. The summed E-state index contributed by atoms with van der Waals surface area (Å²) in [4.78, 5) is 0. The first kappa shape index (κ1) is 13.1. The lowest BCUT2D eigenvalue weighted by molar-refractivity contribution is 0.302. The van der Waals surface area contributed by atoms with Gasteiger partial charge in [-0.25, -0.2) is 0 Å². The maximum atomic E-state index is 12.9. The van der Waals surface area contributed by atoms with Gasteiger partial charge in [0.05, 0.1) is 19.5 Å². The first-order chi connectivity index (χ1) is 8.50. The minimum Gasteiger partial charge on any atom is -0.497 e. The summed E-state index contributed by atoms with van der Waals surface area (Å²) < 4.78 is 48.7. The van der Waals surface area contributed by atoms with Crippen molar-refractivity contribution in [1.82, 2.24) is 0 Å². The highest BCUT2D eigenvalue weighted by atomic mass is 19.4. The van der Waals surface area contributed by atoms with Crippen LogP contribution in [0.3, 0.4) is 0 Å². The van der Waals surface area contributed by atoms with Gasteiger partial charge in [0, 0.05) is 0 Å². The van der Waals surface area contributed by atoms with Crippen molar-refractivity contribution in [1.29, 1.82) is 0 Å². The van der Waals surface area contributed by atoms with E-state index in [1.54, 1.807) is 0 Å². The average molecular weight is 259 g/mol. The van der Waals surface area contributed by atoms with Crippen LogP contribution >= 0.6 is 0 Å². The minimum absolute atomic E-state index is 0.0936. The molecule has 1 aliphatic carbocycles. The zero-order chi connectivity index (χ0) is 13.2. The molecule has 0 aliphatic heterocycles. The van der Waals surface area contributed by atoms with E-state index >= 15 is 0 Å². The van der Waals surface area contributed by atoms with E-state index in [-0.39, 0.29) is 11.5 Å². The molecule has 1 saturated carbocycles. The van der Waals surface area contributed by atoms with E-state index in [0.29, 0.717) is 12.5 Å². The summed E-state index contributed by atoms with van der Waals surface area (Å²) in [5.74, 6) is 0.741. The molecule has 2 nitrogen and oxygen atoms in total. The number of halogens is 3. The van der Waals surface area contributed by atoms with Crippen LogP contribution in [-0.2, 0) is 0 Å². The van der Waals surface area contributed by atoms with E-state index < -0.39 is 12.4 Å². The summed E-state index contributed by atoms with van der Waals surface area (Å²) in [6, 6.07) is 3.81. The Hall–Kier alpha value is -1.33. The molecule has 100 valence electrons. The summed E-state index contributed by atoms with van der Waals surface area (Å²) >= 11 is 0. The minimum atomic E-state index is -5.09. The summed E-state index contributed by atoms with van der Waals surface area (Å²) in [6.45, 7) is -4.74. The third-order valence-electron chi connectivity index (χ3n) is 3.05. The van der Waals surface area contributed by atoms with Gasteiger partial charge in [-0.05, 0) is 30.5 Å². The van der Waals surface area contributed by atoms with Crippen LogP contribution in [0.4, 0.5) is 12.9 Å². The molecule has 0 saturated heterocycles. The Morgan fingerprint density at radius 2 is 2.00 bits per heavy atom. The smallest absolute Gasteiger partial charge is 0.497 e. The zero-order valence-corrected chi connectivity index (χ0v) is 10.2. The zero-order valence-electron chi connectivity index (χ0n) is 10.2. The van der Waals surface area contributed by atoms with E-state index in [1.807, 2.05) is 0 Å². The Morgan fingerprint density at radius 3 is 2.56 bits per heavy atom. The van der Waals surface area contributed by atoms with Crippen LogP contribution in [0.25, 0.3) is 0 Å². The lowest BCUT2D eigenvalue weighted by Gasteiger charge is -2.20. The highest BCUT2D eigenvalue weighted by molar-refractivity contribution is 6.74. The number of methoxy groups -OCH3 is 1. The summed E-state index contributed by atoms with van der Waals surface area (Å²) in [5, 5.41) is 0. The van der Waals surface area contributed by atoms with E-state index in [4.69, 9.17) is 9.47 Å². The standard InChI is InChI=1S/C12H15BF3O2/c1-17-10-4-5-12(11(8-10)13(14,15)16)18-7-6-9-2-3-9/h4-5,8-9H,2-3,6-7H2,1H3/q-1. The van der Waals surface area contributed by atoms with Crippen molar-refractivity contribution in [2.24, 2.45) is 5.92 Å². The molecule has 18 heavy (non-hydrogen) atoms. The van der Waals surface area contributed by atoms with Crippen LogP contribution < -0.4 is 14.9 Å². The van der Waals surface area contributed by atoms with Gasteiger partial charge in [-0.3, -0.25) is 0 Å². The predicted octanol–water partition coefficient (Wildman–Crippen LogP) is 2.93. The number of hydrogen-bond acceptors (Lipinski definition) is 2. The molecule has 0 spiro atoms. The van der Waals surface area contributed by atoms with Crippen molar-refractivity contribution < 1.29 is 22.4 Å². The highest BCUT2D eigenvalue weighted by Crippen LogP contribution is 2.32. The number of ether oxygens (including phenoxy) is 2. The molecule has 1 fully saturated rings. The molecule has 0 unspecified atom stereocenters. The van der Waals surface area contributed by atoms with Crippen LogP contribution in [0.5, 0.6) is 11.5 Å². The molecule has 0 bridgehead atoms. The molecule has 0 amide bonds. The van der Waals surface area contributed by atoms with Crippen molar-refractivity contribution in [3.8, 4) is 11.5 Å². The first-order valence-corrected chi connectivity index (χ1v) is 6.01. The fraction of sp³-hybridized carbons (Fsp3) is 0.500. The van der Waals surface area contributed by atoms with E-state index in [9.17, 15) is 12.9 Å². The van der Waals surface area contributed by atoms with Crippen LogP contribution in [0.15, 0.2) is 18.2 Å². The van der Waals surface area contributed by atoms with Gasteiger partial charge in [0.2, 0.25) is 0 Å². The Morgan fingerprint density at radius 1 is 1.28 bits per heavy atom. The van der Waals surface area contributed by atoms with Gasteiger partial charge in [-0.15, -0.1) is 0 Å². The molecule has 0 atom stereocenters. The maximum Gasteiger partial charge on any atom is 0.513 e. The quantitative estimate of drug-likeness (QED) is 0.731. The Kier molecular flexibility index (Phi) is 3.73. The van der Waals surface area contributed by atoms with Crippen molar-refractivity contribution in [2.45, 2.75) is 19.3 Å². The van der Waals surface area contributed by atoms with Crippen LogP contribution in [0, 0.1) is 5.92 Å². The van der Waals surface area contributed by atoms with Gasteiger partial charge in [0.15, 0.2) is 0 Å². The molecule has 0 radical (unpaired) electrons. The van der Waals surface area contributed by atoms with Crippen molar-refractivity contribution in [3.05, 3.63) is 18.2 Å². The molecule has 1 aromatic rings. The van der Waals surface area contributed by atoms with Gasteiger partial charge < -0.3 is 22.4 Å². The Bertz CT molecular complexity index is 416. The lowest BCUT2D eigenvalue weighted by Crippen LogP contribution is -2.35.